The van der Waals surface area contributed by atoms with Gasteiger partial charge < -0.3 is 10.1 Å². The van der Waals surface area contributed by atoms with Gasteiger partial charge in [-0.2, -0.15) is 5.26 Å². The van der Waals surface area contributed by atoms with Crippen LogP contribution in [0.15, 0.2) is 103 Å². The van der Waals surface area contributed by atoms with E-state index in [1.807, 2.05) is 97.1 Å². The van der Waals surface area contributed by atoms with E-state index in [2.05, 4.69) is 5.32 Å². The average Bonchev–Trinajstić information content (AvgIpc) is 2.78. The molecule has 0 saturated heterocycles. The van der Waals surface area contributed by atoms with Gasteiger partial charge in [0.1, 0.15) is 23.1 Å². The predicted octanol–water partition coefficient (Wildman–Crippen LogP) is 6.18. The summed E-state index contributed by atoms with van der Waals surface area (Å²) in [6.45, 7) is 0. The molecule has 0 saturated carbocycles. The summed E-state index contributed by atoms with van der Waals surface area (Å²) in [6, 6.07) is 32.1. The quantitative estimate of drug-likeness (QED) is 0.327. The first-order valence-corrected chi connectivity index (χ1v) is 9.47. The summed E-state index contributed by atoms with van der Waals surface area (Å²) in [5, 5.41) is 14.3. The second-order valence-electron chi connectivity index (χ2n) is 6.64. The summed E-state index contributed by atoms with van der Waals surface area (Å²) in [5.74, 6) is 0.887. The summed E-state index contributed by atoms with van der Waals surface area (Å²) in [5.41, 5.74) is 1.38. The van der Waals surface area contributed by atoms with E-state index >= 15 is 0 Å². The number of amides is 1. The van der Waals surface area contributed by atoms with Crippen molar-refractivity contribution < 1.29 is 9.53 Å². The van der Waals surface area contributed by atoms with Crippen molar-refractivity contribution in [1.82, 2.24) is 0 Å². The number of carbonyl (C=O) groups is 1. The molecule has 0 fully saturated rings. The van der Waals surface area contributed by atoms with E-state index < -0.39 is 5.91 Å². The summed E-state index contributed by atoms with van der Waals surface area (Å²) < 4.78 is 5.83. The number of nitrogens with zero attached hydrogens (tertiary/aromatic N) is 1. The zero-order valence-electron chi connectivity index (χ0n) is 16.1. The second kappa shape index (κ2) is 8.76. The van der Waals surface area contributed by atoms with Crippen LogP contribution in [-0.2, 0) is 4.79 Å². The number of fused-ring (bicyclic) bond motifs is 1. The second-order valence-corrected chi connectivity index (χ2v) is 6.64. The van der Waals surface area contributed by atoms with Gasteiger partial charge in [0.05, 0.1) is 0 Å². The van der Waals surface area contributed by atoms with E-state index in [9.17, 15) is 10.1 Å². The van der Waals surface area contributed by atoms with Crippen molar-refractivity contribution >= 4 is 28.4 Å². The number of nitriles is 1. The Hall–Kier alpha value is -4.36. The Balaban J connectivity index is 1.57. The lowest BCUT2D eigenvalue weighted by Crippen LogP contribution is -2.13. The van der Waals surface area contributed by atoms with Crippen molar-refractivity contribution in [3.05, 3.63) is 108 Å². The summed E-state index contributed by atoms with van der Waals surface area (Å²) in [6.07, 6.45) is 1.55. The summed E-state index contributed by atoms with van der Waals surface area (Å²) in [4.78, 5) is 12.7. The van der Waals surface area contributed by atoms with E-state index in [-0.39, 0.29) is 5.57 Å². The lowest BCUT2D eigenvalue weighted by atomic mass is 10.1. The third kappa shape index (κ3) is 4.37. The smallest absolute Gasteiger partial charge is 0.266 e. The molecule has 4 aromatic carbocycles. The Kier molecular flexibility index (Phi) is 5.54. The highest BCUT2D eigenvalue weighted by Crippen LogP contribution is 2.25. The zero-order valence-corrected chi connectivity index (χ0v) is 16.1. The Labute approximate surface area is 174 Å². The first-order chi connectivity index (χ1) is 14.7. The molecule has 0 aliphatic rings. The third-order valence-corrected chi connectivity index (χ3v) is 4.55. The van der Waals surface area contributed by atoms with Crippen molar-refractivity contribution in [3.63, 3.8) is 0 Å². The lowest BCUT2D eigenvalue weighted by Gasteiger charge is -2.09. The molecule has 1 N–H and O–H groups in total. The minimum atomic E-state index is -0.455. The first kappa shape index (κ1) is 19.0. The van der Waals surface area contributed by atoms with E-state index in [0.717, 1.165) is 10.8 Å². The molecule has 144 valence electrons. The van der Waals surface area contributed by atoms with Crippen LogP contribution in [0.4, 0.5) is 5.69 Å². The Morgan fingerprint density at radius 1 is 0.833 bits per heavy atom. The Morgan fingerprint density at radius 2 is 1.53 bits per heavy atom. The molecular formula is C26H18N2O2. The van der Waals surface area contributed by atoms with Gasteiger partial charge in [0.25, 0.3) is 5.91 Å². The van der Waals surface area contributed by atoms with Crippen LogP contribution in [0.25, 0.3) is 16.8 Å². The number of anilines is 1. The number of para-hydroxylation sites is 1. The van der Waals surface area contributed by atoms with Gasteiger partial charge in [-0.15, -0.1) is 0 Å². The van der Waals surface area contributed by atoms with Crippen LogP contribution < -0.4 is 10.1 Å². The maximum atomic E-state index is 12.7. The van der Waals surface area contributed by atoms with E-state index in [0.29, 0.717) is 22.7 Å². The maximum absolute atomic E-state index is 12.7. The molecule has 0 radical (unpaired) electrons. The van der Waals surface area contributed by atoms with Crippen LogP contribution in [-0.4, -0.2) is 5.91 Å². The third-order valence-electron chi connectivity index (χ3n) is 4.55. The molecule has 4 heteroatoms. The summed E-state index contributed by atoms with van der Waals surface area (Å²) in [7, 11) is 0. The van der Waals surface area contributed by atoms with Crippen molar-refractivity contribution in [1.29, 1.82) is 5.26 Å². The molecule has 4 aromatic rings. The van der Waals surface area contributed by atoms with Crippen molar-refractivity contribution in [3.8, 4) is 17.6 Å². The molecule has 1 amide bonds. The number of nitrogens with one attached hydrogen (secondary N) is 1. The van der Waals surface area contributed by atoms with Crippen LogP contribution in [0, 0.1) is 11.3 Å². The van der Waals surface area contributed by atoms with Gasteiger partial charge in [-0.1, -0.05) is 66.7 Å². The van der Waals surface area contributed by atoms with Gasteiger partial charge in [0.2, 0.25) is 0 Å². The fraction of sp³-hybridized carbons (Fsp3) is 0. The molecule has 4 rings (SSSR count). The minimum Gasteiger partial charge on any atom is -0.457 e. The van der Waals surface area contributed by atoms with E-state index in [1.54, 1.807) is 12.1 Å². The predicted molar refractivity (Wildman–Crippen MR) is 119 cm³/mol. The van der Waals surface area contributed by atoms with Gasteiger partial charge in [-0.25, -0.2) is 0 Å². The average molecular weight is 390 g/mol. The molecule has 0 heterocycles. The number of ether oxygens (including phenoxy) is 1. The molecule has 0 aromatic heterocycles. The first-order valence-electron chi connectivity index (χ1n) is 9.47. The maximum Gasteiger partial charge on any atom is 0.266 e. The minimum absolute atomic E-state index is 0.0137. The highest BCUT2D eigenvalue weighted by Gasteiger charge is 2.11. The fourth-order valence-electron chi connectivity index (χ4n) is 3.13. The van der Waals surface area contributed by atoms with Gasteiger partial charge >= 0.3 is 0 Å². The summed E-state index contributed by atoms with van der Waals surface area (Å²) >= 11 is 0. The van der Waals surface area contributed by atoms with Crippen LogP contribution >= 0.6 is 0 Å². The lowest BCUT2D eigenvalue weighted by molar-refractivity contribution is -0.112. The zero-order chi connectivity index (χ0) is 20.8. The highest BCUT2D eigenvalue weighted by molar-refractivity contribution is 6.12. The Morgan fingerprint density at radius 3 is 2.37 bits per heavy atom. The molecule has 0 unspecified atom stereocenters. The molecule has 0 atom stereocenters. The monoisotopic (exact) mass is 390 g/mol. The van der Waals surface area contributed by atoms with Gasteiger partial charge in [-0.05, 0) is 47.4 Å². The normalized spacial score (nSPS) is 11.0. The molecule has 0 bridgehead atoms. The molecule has 0 aliphatic heterocycles. The van der Waals surface area contributed by atoms with E-state index in [4.69, 9.17) is 4.74 Å². The molecule has 0 spiro atoms. The topological polar surface area (TPSA) is 62.1 Å². The van der Waals surface area contributed by atoms with Crippen LogP contribution in [0.2, 0.25) is 0 Å². The van der Waals surface area contributed by atoms with Crippen LogP contribution in [0.1, 0.15) is 5.56 Å². The van der Waals surface area contributed by atoms with Gasteiger partial charge in [0.15, 0.2) is 0 Å². The number of rotatable bonds is 5. The molecule has 0 aliphatic carbocycles. The van der Waals surface area contributed by atoms with Crippen molar-refractivity contribution in [2.24, 2.45) is 0 Å². The van der Waals surface area contributed by atoms with E-state index in [1.165, 1.54) is 0 Å². The SMILES string of the molecule is N#C/C(=C\c1cccc(Oc2ccccc2)c1)C(=O)Nc1cccc2ccccc12. The fourth-order valence-corrected chi connectivity index (χ4v) is 3.13. The number of carbonyl (C=O) groups excluding carboxylic acids is 1. The van der Waals surface area contributed by atoms with Crippen LogP contribution in [0.5, 0.6) is 11.5 Å². The standard InChI is InChI=1S/C26H18N2O2/c27-18-21(26(29)28-25-15-7-10-20-9-4-5-14-24(20)25)16-19-8-6-13-23(17-19)30-22-11-2-1-3-12-22/h1-17H,(H,28,29)/b21-16+. The highest BCUT2D eigenvalue weighted by atomic mass is 16.5. The molecule has 30 heavy (non-hydrogen) atoms. The van der Waals surface area contributed by atoms with Gasteiger partial charge in [-0.3, -0.25) is 4.79 Å². The largest absolute Gasteiger partial charge is 0.457 e. The number of benzene rings is 4. The molecule has 4 nitrogen and oxygen atoms in total. The Bertz CT molecular complexity index is 1270. The van der Waals surface area contributed by atoms with Crippen molar-refractivity contribution in [2.45, 2.75) is 0 Å². The molecular weight excluding hydrogens is 372 g/mol. The number of hydrogen-bond donors (Lipinski definition) is 1. The van der Waals surface area contributed by atoms with Crippen LogP contribution in [0.3, 0.4) is 0 Å². The number of hydrogen-bond acceptors (Lipinski definition) is 3. The van der Waals surface area contributed by atoms with Gasteiger partial charge in [0, 0.05) is 11.1 Å². The van der Waals surface area contributed by atoms with Crippen molar-refractivity contribution in [2.75, 3.05) is 5.32 Å².